The van der Waals surface area contributed by atoms with Crippen LogP contribution in [0.15, 0.2) is 12.2 Å². The minimum absolute atomic E-state index is 0.279. The molecule has 4 bridgehead atoms. The van der Waals surface area contributed by atoms with E-state index >= 15 is 0 Å². The van der Waals surface area contributed by atoms with E-state index in [4.69, 9.17) is 46.4 Å². The van der Waals surface area contributed by atoms with Gasteiger partial charge in [-0.3, -0.25) is 0 Å². The quantitative estimate of drug-likeness (QED) is 0.353. The molecule has 0 amide bonds. The highest BCUT2D eigenvalue weighted by atomic mass is 35.5. The predicted molar refractivity (Wildman–Crippen MR) is 68.2 cm³/mol. The maximum Gasteiger partial charge on any atom is 0.154 e. The van der Waals surface area contributed by atoms with Crippen molar-refractivity contribution in [1.82, 2.24) is 0 Å². The van der Waals surface area contributed by atoms with Crippen molar-refractivity contribution in [2.75, 3.05) is 0 Å². The number of halogens is 4. The summed E-state index contributed by atoms with van der Waals surface area (Å²) in [5.41, 5.74) is 0. The summed E-state index contributed by atoms with van der Waals surface area (Å²) in [5.74, 6) is 3.15. The summed E-state index contributed by atoms with van der Waals surface area (Å²) in [7, 11) is 0. The number of hydrogen-bond donors (Lipinski definition) is 0. The van der Waals surface area contributed by atoms with Crippen LogP contribution in [-0.4, -0.2) is 8.67 Å². The SMILES string of the molecule is ClC1(Cl)C2CC(C3C4C=CC(C4)C32)C1(Cl)Cl. The van der Waals surface area contributed by atoms with Gasteiger partial charge in [0.05, 0.1) is 0 Å². The van der Waals surface area contributed by atoms with Crippen molar-refractivity contribution in [3.63, 3.8) is 0 Å². The lowest BCUT2D eigenvalue weighted by molar-refractivity contribution is 0.188. The van der Waals surface area contributed by atoms with Crippen LogP contribution in [0, 0.1) is 35.5 Å². The average Bonchev–Trinajstić information content (AvgIpc) is 2.89. The summed E-state index contributed by atoms with van der Waals surface area (Å²) in [4.78, 5) is 0. The van der Waals surface area contributed by atoms with Gasteiger partial charge >= 0.3 is 0 Å². The van der Waals surface area contributed by atoms with Crippen molar-refractivity contribution in [2.45, 2.75) is 21.5 Å². The van der Waals surface area contributed by atoms with Gasteiger partial charge in [-0.25, -0.2) is 0 Å². The van der Waals surface area contributed by atoms with Crippen molar-refractivity contribution in [3.05, 3.63) is 12.2 Å². The Kier molecular flexibility index (Phi) is 1.95. The molecule has 3 saturated carbocycles. The lowest BCUT2D eigenvalue weighted by atomic mass is 9.72. The predicted octanol–water partition coefficient (Wildman–Crippen LogP) is 4.42. The minimum Gasteiger partial charge on any atom is -0.0980 e. The molecule has 0 aromatic heterocycles. The first-order valence-electron chi connectivity index (χ1n) is 5.88. The van der Waals surface area contributed by atoms with Crippen LogP contribution in [0.1, 0.15) is 12.8 Å². The molecule has 0 aromatic carbocycles. The summed E-state index contributed by atoms with van der Waals surface area (Å²) in [6, 6.07) is 0. The first-order chi connectivity index (χ1) is 7.44. The second-order valence-corrected chi connectivity index (χ2v) is 8.57. The molecule has 0 spiro atoms. The lowest BCUT2D eigenvalue weighted by Crippen LogP contribution is -2.50. The van der Waals surface area contributed by atoms with Gasteiger partial charge in [-0.15, -0.1) is 0 Å². The Morgan fingerprint density at radius 1 is 0.750 bits per heavy atom. The number of alkyl halides is 4. The number of hydrogen-bond acceptors (Lipinski definition) is 0. The fourth-order valence-electron chi connectivity index (χ4n) is 4.89. The van der Waals surface area contributed by atoms with Gasteiger partial charge in [0, 0.05) is 0 Å². The van der Waals surface area contributed by atoms with Crippen LogP contribution in [0.25, 0.3) is 0 Å². The van der Waals surface area contributed by atoms with E-state index in [0.717, 1.165) is 6.42 Å². The Bertz CT molecular complexity index is 352. The highest BCUT2D eigenvalue weighted by Gasteiger charge is 2.75. The zero-order chi connectivity index (χ0) is 11.3. The van der Waals surface area contributed by atoms with Gasteiger partial charge in [0.2, 0.25) is 0 Å². The van der Waals surface area contributed by atoms with Crippen molar-refractivity contribution in [1.29, 1.82) is 0 Å². The largest absolute Gasteiger partial charge is 0.154 e. The van der Waals surface area contributed by atoms with Gasteiger partial charge in [-0.2, -0.15) is 0 Å². The Labute approximate surface area is 115 Å². The Morgan fingerprint density at radius 2 is 1.19 bits per heavy atom. The highest BCUT2D eigenvalue weighted by molar-refractivity contribution is 6.63. The van der Waals surface area contributed by atoms with Crippen molar-refractivity contribution in [3.8, 4) is 0 Å². The van der Waals surface area contributed by atoms with E-state index in [1.165, 1.54) is 6.42 Å². The Balaban J connectivity index is 1.83. The van der Waals surface area contributed by atoms with Crippen LogP contribution < -0.4 is 0 Å². The van der Waals surface area contributed by atoms with Crippen molar-refractivity contribution < 1.29 is 0 Å². The number of rotatable bonds is 0. The lowest BCUT2D eigenvalue weighted by Gasteiger charge is -2.45. The standard InChI is InChI=1S/C12H12Cl4/c13-11(14)7-4-8(12(11,15)16)10-6-2-1-5(3-6)9(7)10/h1-2,5-10H,3-4H2. The summed E-state index contributed by atoms with van der Waals surface area (Å²) in [5, 5.41) is 0. The van der Waals surface area contributed by atoms with E-state index in [-0.39, 0.29) is 11.8 Å². The van der Waals surface area contributed by atoms with Crippen LogP contribution >= 0.6 is 46.4 Å². The number of allylic oxidation sites excluding steroid dienone is 2. The van der Waals surface area contributed by atoms with E-state index in [9.17, 15) is 0 Å². The molecule has 16 heavy (non-hydrogen) atoms. The maximum absolute atomic E-state index is 6.44. The van der Waals surface area contributed by atoms with Crippen molar-refractivity contribution in [2.24, 2.45) is 35.5 Å². The van der Waals surface area contributed by atoms with Gasteiger partial charge in [-0.1, -0.05) is 58.6 Å². The van der Waals surface area contributed by atoms with E-state index < -0.39 is 8.67 Å². The van der Waals surface area contributed by atoms with Crippen LogP contribution in [-0.2, 0) is 0 Å². The van der Waals surface area contributed by atoms with E-state index in [0.29, 0.717) is 23.7 Å². The normalized spacial score (nSPS) is 58.2. The Hall–Kier alpha value is 0.900. The Morgan fingerprint density at radius 3 is 1.62 bits per heavy atom. The molecular formula is C12H12Cl4. The molecule has 0 nitrogen and oxygen atoms in total. The molecule has 4 rings (SSSR count). The monoisotopic (exact) mass is 296 g/mol. The first-order valence-corrected chi connectivity index (χ1v) is 7.39. The smallest absolute Gasteiger partial charge is 0.0980 e. The molecule has 3 fully saturated rings. The zero-order valence-electron chi connectivity index (χ0n) is 8.54. The van der Waals surface area contributed by atoms with Crippen molar-refractivity contribution >= 4 is 46.4 Å². The fourth-order valence-corrected chi connectivity index (χ4v) is 6.39. The molecule has 4 aliphatic rings. The van der Waals surface area contributed by atoms with Crippen LogP contribution in [0.3, 0.4) is 0 Å². The first kappa shape index (κ1) is 10.8. The minimum atomic E-state index is -0.958. The fraction of sp³-hybridized carbons (Fsp3) is 0.833. The summed E-state index contributed by atoms with van der Waals surface area (Å²) in [6.45, 7) is 0. The molecule has 0 saturated heterocycles. The van der Waals surface area contributed by atoms with Crippen LogP contribution in [0.5, 0.6) is 0 Å². The average molecular weight is 298 g/mol. The second-order valence-electron chi connectivity index (χ2n) is 5.80. The van der Waals surface area contributed by atoms with Gasteiger partial charge < -0.3 is 0 Å². The molecule has 6 unspecified atom stereocenters. The molecular weight excluding hydrogens is 286 g/mol. The van der Waals surface area contributed by atoms with E-state index in [1.807, 2.05) is 0 Å². The zero-order valence-corrected chi connectivity index (χ0v) is 11.6. The van der Waals surface area contributed by atoms with Gasteiger partial charge in [0.1, 0.15) is 0 Å². The molecule has 0 N–H and O–H groups in total. The molecule has 0 heterocycles. The summed E-state index contributed by atoms with van der Waals surface area (Å²) < 4.78 is -1.92. The molecule has 0 radical (unpaired) electrons. The highest BCUT2D eigenvalue weighted by Crippen LogP contribution is 2.75. The summed E-state index contributed by atoms with van der Waals surface area (Å²) in [6.07, 6.45) is 6.96. The van der Waals surface area contributed by atoms with Gasteiger partial charge in [0.25, 0.3) is 0 Å². The molecule has 88 valence electrons. The van der Waals surface area contributed by atoms with Gasteiger partial charge in [0.15, 0.2) is 8.67 Å². The maximum atomic E-state index is 6.44. The molecule has 6 atom stereocenters. The van der Waals surface area contributed by atoms with Crippen LogP contribution in [0.2, 0.25) is 0 Å². The third-order valence-electron chi connectivity index (χ3n) is 5.40. The number of fused-ring (bicyclic) bond motifs is 9. The van der Waals surface area contributed by atoms with Crippen LogP contribution in [0.4, 0.5) is 0 Å². The molecule has 4 heteroatoms. The summed E-state index contributed by atoms with van der Waals surface area (Å²) >= 11 is 25.7. The van der Waals surface area contributed by atoms with E-state index in [1.54, 1.807) is 0 Å². The molecule has 0 aromatic rings. The third kappa shape index (κ3) is 0.955. The van der Waals surface area contributed by atoms with E-state index in [2.05, 4.69) is 12.2 Å². The molecule has 4 aliphatic carbocycles. The molecule has 0 aliphatic heterocycles. The second kappa shape index (κ2) is 2.90. The topological polar surface area (TPSA) is 0 Å². The third-order valence-corrected chi connectivity index (χ3v) is 8.10. The van der Waals surface area contributed by atoms with Gasteiger partial charge in [-0.05, 0) is 48.3 Å².